The zero-order valence-corrected chi connectivity index (χ0v) is 8.25. The van der Waals surface area contributed by atoms with Crippen molar-refractivity contribution in [2.45, 2.75) is 4.90 Å². The number of methoxy groups -OCH3 is 1. The van der Waals surface area contributed by atoms with Gasteiger partial charge < -0.3 is 9.84 Å². The Morgan fingerprint density at radius 2 is 2.00 bits per heavy atom. The Bertz CT molecular complexity index is 386. The van der Waals surface area contributed by atoms with Crippen LogP contribution in [0.2, 0.25) is 0 Å². The monoisotopic (exact) mass is 212 g/mol. The number of thiol groups is 1. The summed E-state index contributed by atoms with van der Waals surface area (Å²) in [5.74, 6) is -1.85. The molecule has 1 aromatic carbocycles. The molecule has 0 unspecified atom stereocenters. The van der Waals surface area contributed by atoms with Crippen molar-refractivity contribution >= 4 is 24.6 Å². The first-order valence-electron chi connectivity index (χ1n) is 3.71. The molecule has 0 saturated heterocycles. The molecule has 0 fully saturated rings. The van der Waals surface area contributed by atoms with Crippen LogP contribution in [0.1, 0.15) is 20.7 Å². The second kappa shape index (κ2) is 4.15. The van der Waals surface area contributed by atoms with E-state index in [-0.39, 0.29) is 11.1 Å². The standard InChI is InChI=1S/C9H8O4S/c1-13-9(12)6-3-2-5(14)4-7(6)8(10)11/h2-4,14H,1H3,(H,10,11). The third-order valence-corrected chi connectivity index (χ3v) is 1.92. The Balaban J connectivity index is 3.28. The van der Waals surface area contributed by atoms with E-state index in [4.69, 9.17) is 5.11 Å². The van der Waals surface area contributed by atoms with Crippen LogP contribution in [0.15, 0.2) is 23.1 Å². The fourth-order valence-electron chi connectivity index (χ4n) is 0.997. The molecule has 0 heterocycles. The highest BCUT2D eigenvalue weighted by molar-refractivity contribution is 7.80. The van der Waals surface area contributed by atoms with E-state index in [0.29, 0.717) is 4.90 Å². The van der Waals surface area contributed by atoms with Gasteiger partial charge in [-0.1, -0.05) is 0 Å². The lowest BCUT2D eigenvalue weighted by molar-refractivity contribution is 0.0582. The molecule has 0 amide bonds. The van der Waals surface area contributed by atoms with E-state index in [0.717, 1.165) is 0 Å². The zero-order chi connectivity index (χ0) is 10.7. The number of benzene rings is 1. The van der Waals surface area contributed by atoms with Gasteiger partial charge in [0.05, 0.1) is 18.2 Å². The van der Waals surface area contributed by atoms with E-state index in [1.165, 1.54) is 25.3 Å². The second-order valence-electron chi connectivity index (χ2n) is 2.53. The van der Waals surface area contributed by atoms with E-state index in [9.17, 15) is 9.59 Å². The van der Waals surface area contributed by atoms with E-state index in [1.54, 1.807) is 0 Å². The van der Waals surface area contributed by atoms with Gasteiger partial charge >= 0.3 is 11.9 Å². The summed E-state index contributed by atoms with van der Waals surface area (Å²) in [7, 11) is 1.20. The lowest BCUT2D eigenvalue weighted by atomic mass is 10.1. The average molecular weight is 212 g/mol. The molecule has 74 valence electrons. The molecular formula is C9H8O4S. The normalized spacial score (nSPS) is 9.57. The highest BCUT2D eigenvalue weighted by atomic mass is 32.1. The molecule has 1 N–H and O–H groups in total. The third kappa shape index (κ3) is 2.05. The van der Waals surface area contributed by atoms with E-state index in [1.807, 2.05) is 0 Å². The van der Waals surface area contributed by atoms with Crippen molar-refractivity contribution in [3.63, 3.8) is 0 Å². The first kappa shape index (κ1) is 10.6. The van der Waals surface area contributed by atoms with Crippen molar-refractivity contribution in [1.29, 1.82) is 0 Å². The molecule has 0 aliphatic carbocycles. The Morgan fingerprint density at radius 3 is 2.50 bits per heavy atom. The molecular weight excluding hydrogens is 204 g/mol. The van der Waals surface area contributed by atoms with Gasteiger partial charge in [-0.3, -0.25) is 0 Å². The van der Waals surface area contributed by atoms with Gasteiger partial charge in [-0.15, -0.1) is 12.6 Å². The highest BCUT2D eigenvalue weighted by Crippen LogP contribution is 2.15. The number of hydrogen-bond donors (Lipinski definition) is 2. The minimum absolute atomic E-state index is 0.0257. The van der Waals surface area contributed by atoms with Crippen LogP contribution in [0, 0.1) is 0 Å². The molecule has 0 radical (unpaired) electrons. The van der Waals surface area contributed by atoms with Crippen molar-refractivity contribution in [3.8, 4) is 0 Å². The van der Waals surface area contributed by atoms with Gasteiger partial charge in [0.15, 0.2) is 0 Å². The zero-order valence-electron chi connectivity index (χ0n) is 7.35. The van der Waals surface area contributed by atoms with Crippen LogP contribution in [0.25, 0.3) is 0 Å². The second-order valence-corrected chi connectivity index (χ2v) is 3.04. The number of hydrogen-bond acceptors (Lipinski definition) is 4. The summed E-state index contributed by atoms with van der Waals surface area (Å²) in [5, 5.41) is 8.79. The maximum Gasteiger partial charge on any atom is 0.338 e. The molecule has 0 spiro atoms. The molecule has 5 heteroatoms. The van der Waals surface area contributed by atoms with Crippen LogP contribution >= 0.6 is 12.6 Å². The Kier molecular flexibility index (Phi) is 3.14. The number of carboxylic acids is 1. The predicted molar refractivity (Wildman–Crippen MR) is 52.0 cm³/mol. The predicted octanol–water partition coefficient (Wildman–Crippen LogP) is 1.46. The van der Waals surface area contributed by atoms with Crippen molar-refractivity contribution in [2.75, 3.05) is 7.11 Å². The minimum atomic E-state index is -1.18. The van der Waals surface area contributed by atoms with E-state index in [2.05, 4.69) is 17.4 Å². The summed E-state index contributed by atoms with van der Waals surface area (Å²) < 4.78 is 4.44. The molecule has 4 nitrogen and oxygen atoms in total. The third-order valence-electron chi connectivity index (χ3n) is 1.64. The van der Waals surface area contributed by atoms with Crippen LogP contribution < -0.4 is 0 Å². The summed E-state index contributed by atoms with van der Waals surface area (Å²) in [6.45, 7) is 0. The number of aromatic carboxylic acids is 1. The number of ether oxygens (including phenoxy) is 1. The lowest BCUT2D eigenvalue weighted by Crippen LogP contribution is -2.09. The number of carboxylic acid groups (broad SMARTS) is 1. The van der Waals surface area contributed by atoms with Crippen LogP contribution in [0.3, 0.4) is 0 Å². The van der Waals surface area contributed by atoms with E-state index >= 15 is 0 Å². The molecule has 0 atom stereocenters. The molecule has 14 heavy (non-hydrogen) atoms. The van der Waals surface area contributed by atoms with Crippen molar-refractivity contribution in [2.24, 2.45) is 0 Å². The Morgan fingerprint density at radius 1 is 1.36 bits per heavy atom. The molecule has 0 saturated carbocycles. The quantitative estimate of drug-likeness (QED) is 0.575. The van der Waals surface area contributed by atoms with Gasteiger partial charge in [-0.05, 0) is 18.2 Å². The molecule has 1 rings (SSSR count). The van der Waals surface area contributed by atoms with Crippen molar-refractivity contribution < 1.29 is 19.4 Å². The average Bonchev–Trinajstić information content (AvgIpc) is 2.16. The smallest absolute Gasteiger partial charge is 0.338 e. The topological polar surface area (TPSA) is 63.6 Å². The van der Waals surface area contributed by atoms with Crippen LogP contribution in [-0.4, -0.2) is 24.2 Å². The van der Waals surface area contributed by atoms with Crippen LogP contribution in [-0.2, 0) is 4.74 Å². The fourth-order valence-corrected chi connectivity index (χ4v) is 1.20. The number of esters is 1. The van der Waals surface area contributed by atoms with Crippen LogP contribution in [0.5, 0.6) is 0 Å². The Labute approximate surface area is 85.9 Å². The summed E-state index contributed by atoms with van der Waals surface area (Å²) in [6, 6.07) is 4.21. The number of carbonyl (C=O) groups excluding carboxylic acids is 1. The van der Waals surface area contributed by atoms with E-state index < -0.39 is 11.9 Å². The minimum Gasteiger partial charge on any atom is -0.478 e. The van der Waals surface area contributed by atoms with Gasteiger partial charge in [-0.25, -0.2) is 9.59 Å². The number of rotatable bonds is 2. The molecule has 0 aromatic heterocycles. The largest absolute Gasteiger partial charge is 0.478 e. The molecule has 0 aliphatic heterocycles. The summed E-state index contributed by atoms with van der Waals surface area (Å²) >= 11 is 3.98. The fraction of sp³-hybridized carbons (Fsp3) is 0.111. The maximum atomic E-state index is 11.1. The first-order valence-corrected chi connectivity index (χ1v) is 4.15. The van der Waals surface area contributed by atoms with Gasteiger partial charge in [0, 0.05) is 4.90 Å². The van der Waals surface area contributed by atoms with Crippen LogP contribution in [0.4, 0.5) is 0 Å². The van der Waals surface area contributed by atoms with Crippen molar-refractivity contribution in [3.05, 3.63) is 29.3 Å². The summed E-state index contributed by atoms with van der Waals surface area (Å²) in [4.78, 5) is 22.4. The van der Waals surface area contributed by atoms with Gasteiger partial charge in [0.2, 0.25) is 0 Å². The van der Waals surface area contributed by atoms with Crippen molar-refractivity contribution in [1.82, 2.24) is 0 Å². The summed E-state index contributed by atoms with van der Waals surface area (Å²) in [6.07, 6.45) is 0. The Hall–Kier alpha value is -1.49. The van der Waals surface area contributed by atoms with Gasteiger partial charge in [-0.2, -0.15) is 0 Å². The van der Waals surface area contributed by atoms with Gasteiger partial charge in [0.25, 0.3) is 0 Å². The maximum absolute atomic E-state index is 11.1. The first-order chi connectivity index (χ1) is 6.56. The number of carbonyl (C=O) groups is 2. The molecule has 0 aliphatic rings. The SMILES string of the molecule is COC(=O)c1ccc(S)cc1C(=O)O. The highest BCUT2D eigenvalue weighted by Gasteiger charge is 2.16. The molecule has 0 bridgehead atoms. The lowest BCUT2D eigenvalue weighted by Gasteiger charge is -2.04. The van der Waals surface area contributed by atoms with Gasteiger partial charge in [0.1, 0.15) is 0 Å². The summed E-state index contributed by atoms with van der Waals surface area (Å²) in [5.41, 5.74) is -0.0813. The molecule has 1 aromatic rings.